The Morgan fingerprint density at radius 3 is 2.65 bits per heavy atom. The van der Waals surface area contributed by atoms with Crippen LogP contribution in [0.3, 0.4) is 0 Å². The molecular weight excluding hydrogens is 390 g/mol. The van der Waals surface area contributed by atoms with Crippen LogP contribution in [0.5, 0.6) is 0 Å². The average molecular weight is 422 g/mol. The average Bonchev–Trinajstić information content (AvgIpc) is 3.19. The molecule has 7 nitrogen and oxygen atoms in total. The van der Waals surface area contributed by atoms with Gasteiger partial charge >= 0.3 is 0 Å². The second-order valence-corrected chi connectivity index (χ2v) is 8.56. The molecule has 1 aliphatic carbocycles. The molecule has 4 rings (SSSR count). The molecule has 164 valence electrons. The first kappa shape index (κ1) is 21.3. The van der Waals surface area contributed by atoms with Gasteiger partial charge in [-0.3, -0.25) is 14.2 Å². The summed E-state index contributed by atoms with van der Waals surface area (Å²) >= 11 is 0. The van der Waals surface area contributed by atoms with Gasteiger partial charge in [-0.05, 0) is 45.0 Å². The fourth-order valence-corrected chi connectivity index (χ4v) is 4.39. The standard InChI is InChI=1S/C24H31N5O2/c1-18-8-10-20(11-9-18)29-14-12-21-23(24(29)31)28(17-26-21)16-22(30)25-13-15-27(2)19-6-4-3-5-7-19/h8-12,14,17,19H,3-7,13,15-16H2,1-2H3,(H,25,30). The fourth-order valence-electron chi connectivity index (χ4n) is 4.39. The zero-order chi connectivity index (χ0) is 21.8. The second kappa shape index (κ2) is 9.47. The molecule has 0 unspecified atom stereocenters. The smallest absolute Gasteiger partial charge is 0.281 e. The molecule has 7 heteroatoms. The minimum absolute atomic E-state index is 0.0802. The maximum absolute atomic E-state index is 13.1. The molecule has 1 saturated carbocycles. The molecule has 0 aliphatic heterocycles. The Kier molecular flexibility index (Phi) is 6.51. The SMILES string of the molecule is Cc1ccc(-n2ccc3ncn(CC(=O)NCCN(C)C4CCCCC4)c3c2=O)cc1. The molecule has 0 bridgehead atoms. The van der Waals surface area contributed by atoms with Gasteiger partial charge in [0, 0.05) is 31.0 Å². The fraction of sp³-hybridized carbons (Fsp3) is 0.458. The van der Waals surface area contributed by atoms with Crippen LogP contribution in [-0.4, -0.2) is 51.1 Å². The molecule has 0 saturated heterocycles. The number of hydrogen-bond acceptors (Lipinski definition) is 4. The largest absolute Gasteiger partial charge is 0.353 e. The highest BCUT2D eigenvalue weighted by Gasteiger charge is 2.18. The number of nitrogens with one attached hydrogen (secondary N) is 1. The third-order valence-electron chi connectivity index (χ3n) is 6.28. The number of amides is 1. The van der Waals surface area contributed by atoms with Crippen molar-refractivity contribution in [3.05, 3.63) is 58.8 Å². The van der Waals surface area contributed by atoms with E-state index in [1.807, 2.05) is 37.3 Å². The summed E-state index contributed by atoms with van der Waals surface area (Å²) in [6, 6.07) is 10.2. The summed E-state index contributed by atoms with van der Waals surface area (Å²) in [5, 5.41) is 2.99. The van der Waals surface area contributed by atoms with E-state index in [9.17, 15) is 9.59 Å². The third kappa shape index (κ3) is 4.88. The van der Waals surface area contributed by atoms with Gasteiger partial charge in [-0.2, -0.15) is 0 Å². The third-order valence-corrected chi connectivity index (χ3v) is 6.28. The Morgan fingerprint density at radius 2 is 1.90 bits per heavy atom. The number of benzene rings is 1. The molecule has 1 N–H and O–H groups in total. The molecule has 2 heterocycles. The molecule has 1 fully saturated rings. The van der Waals surface area contributed by atoms with Gasteiger partial charge in [0.25, 0.3) is 5.56 Å². The van der Waals surface area contributed by atoms with Gasteiger partial charge in [0.1, 0.15) is 12.1 Å². The lowest BCUT2D eigenvalue weighted by Crippen LogP contribution is -2.40. The van der Waals surface area contributed by atoms with Crippen molar-refractivity contribution in [2.45, 2.75) is 51.6 Å². The van der Waals surface area contributed by atoms with E-state index >= 15 is 0 Å². The number of likely N-dealkylation sites (N-methyl/N-ethyl adjacent to an activating group) is 1. The quantitative estimate of drug-likeness (QED) is 0.637. The molecule has 1 aliphatic rings. The maximum atomic E-state index is 13.1. The van der Waals surface area contributed by atoms with Gasteiger partial charge in [-0.1, -0.05) is 37.0 Å². The monoisotopic (exact) mass is 421 g/mol. The summed E-state index contributed by atoms with van der Waals surface area (Å²) < 4.78 is 3.24. The molecule has 3 aromatic rings. The summed E-state index contributed by atoms with van der Waals surface area (Å²) in [6.45, 7) is 3.53. The van der Waals surface area contributed by atoms with Gasteiger partial charge in [0.2, 0.25) is 5.91 Å². The van der Waals surface area contributed by atoms with E-state index < -0.39 is 0 Å². The molecule has 31 heavy (non-hydrogen) atoms. The highest BCUT2D eigenvalue weighted by atomic mass is 16.2. The van der Waals surface area contributed by atoms with Crippen LogP contribution in [0.2, 0.25) is 0 Å². The predicted octanol–water partition coefficient (Wildman–Crippen LogP) is 2.88. The lowest BCUT2D eigenvalue weighted by molar-refractivity contribution is -0.121. The number of aryl methyl sites for hydroxylation is 1. The lowest BCUT2D eigenvalue weighted by atomic mass is 9.94. The van der Waals surface area contributed by atoms with E-state index in [0.717, 1.165) is 17.8 Å². The van der Waals surface area contributed by atoms with Crippen molar-refractivity contribution in [1.29, 1.82) is 0 Å². The van der Waals surface area contributed by atoms with Gasteiger partial charge in [-0.15, -0.1) is 0 Å². The van der Waals surface area contributed by atoms with Crippen LogP contribution in [-0.2, 0) is 11.3 Å². The van der Waals surface area contributed by atoms with Crippen molar-refractivity contribution in [1.82, 2.24) is 24.3 Å². The van der Waals surface area contributed by atoms with Crippen molar-refractivity contribution in [3.8, 4) is 5.69 Å². The summed E-state index contributed by atoms with van der Waals surface area (Å²) in [7, 11) is 2.14. The highest BCUT2D eigenvalue weighted by Crippen LogP contribution is 2.21. The summed E-state index contributed by atoms with van der Waals surface area (Å²) in [6.07, 6.45) is 9.74. The van der Waals surface area contributed by atoms with Crippen LogP contribution in [0.1, 0.15) is 37.7 Å². The van der Waals surface area contributed by atoms with E-state index in [1.165, 1.54) is 32.1 Å². The number of imidazole rings is 1. The number of carbonyl (C=O) groups excluding carboxylic acids is 1. The molecule has 0 spiro atoms. The van der Waals surface area contributed by atoms with Crippen LogP contribution in [0, 0.1) is 6.92 Å². The van der Waals surface area contributed by atoms with Crippen LogP contribution >= 0.6 is 0 Å². The van der Waals surface area contributed by atoms with Gasteiger partial charge in [-0.25, -0.2) is 4.98 Å². The van der Waals surface area contributed by atoms with Crippen molar-refractivity contribution >= 4 is 16.9 Å². The number of hydrogen-bond donors (Lipinski definition) is 1. The Hall–Kier alpha value is -2.93. The Morgan fingerprint density at radius 1 is 1.16 bits per heavy atom. The van der Waals surface area contributed by atoms with Crippen LogP contribution in [0.15, 0.2) is 47.7 Å². The summed E-state index contributed by atoms with van der Waals surface area (Å²) in [5.74, 6) is -0.110. The minimum Gasteiger partial charge on any atom is -0.353 e. The predicted molar refractivity (Wildman–Crippen MR) is 123 cm³/mol. The molecule has 1 amide bonds. The first-order valence-electron chi connectivity index (χ1n) is 11.1. The van der Waals surface area contributed by atoms with Crippen molar-refractivity contribution in [2.75, 3.05) is 20.1 Å². The summed E-state index contributed by atoms with van der Waals surface area (Å²) in [5.41, 5.74) is 2.79. The highest BCUT2D eigenvalue weighted by molar-refractivity contribution is 5.80. The van der Waals surface area contributed by atoms with Gasteiger partial charge in [0.05, 0.1) is 11.8 Å². The number of carbonyl (C=O) groups is 1. The van der Waals surface area contributed by atoms with Crippen molar-refractivity contribution < 1.29 is 4.79 Å². The van der Waals surface area contributed by atoms with E-state index in [4.69, 9.17) is 0 Å². The molecular formula is C24H31N5O2. The van der Waals surface area contributed by atoms with Crippen LogP contribution in [0.25, 0.3) is 16.7 Å². The van der Waals surface area contributed by atoms with Crippen molar-refractivity contribution in [2.24, 2.45) is 0 Å². The Balaban J connectivity index is 1.42. The maximum Gasteiger partial charge on any atom is 0.281 e. The zero-order valence-electron chi connectivity index (χ0n) is 18.4. The normalized spacial score (nSPS) is 14.9. The minimum atomic E-state index is -0.177. The molecule has 2 aromatic heterocycles. The number of pyridine rings is 1. The second-order valence-electron chi connectivity index (χ2n) is 8.56. The topological polar surface area (TPSA) is 72.2 Å². The van der Waals surface area contributed by atoms with Crippen LogP contribution in [0.4, 0.5) is 0 Å². The lowest BCUT2D eigenvalue weighted by Gasteiger charge is -2.31. The first-order valence-corrected chi connectivity index (χ1v) is 11.1. The zero-order valence-corrected chi connectivity index (χ0v) is 18.4. The van der Waals surface area contributed by atoms with E-state index in [1.54, 1.807) is 21.7 Å². The number of rotatable bonds is 7. The first-order chi connectivity index (χ1) is 15.0. The Labute approximate surface area is 182 Å². The van der Waals surface area contributed by atoms with Gasteiger partial charge in [0.15, 0.2) is 0 Å². The van der Waals surface area contributed by atoms with E-state index in [-0.39, 0.29) is 18.0 Å². The molecule has 0 radical (unpaired) electrons. The summed E-state index contributed by atoms with van der Waals surface area (Å²) in [4.78, 5) is 32.3. The van der Waals surface area contributed by atoms with Gasteiger partial charge < -0.3 is 14.8 Å². The Bertz CT molecular complexity index is 1090. The van der Waals surface area contributed by atoms with E-state index in [0.29, 0.717) is 23.6 Å². The van der Waals surface area contributed by atoms with Crippen molar-refractivity contribution in [3.63, 3.8) is 0 Å². The number of nitrogens with zero attached hydrogens (tertiary/aromatic N) is 4. The number of aromatic nitrogens is 3. The number of fused-ring (bicyclic) bond motifs is 1. The molecule has 0 atom stereocenters. The van der Waals surface area contributed by atoms with Crippen LogP contribution < -0.4 is 10.9 Å². The van der Waals surface area contributed by atoms with E-state index in [2.05, 4.69) is 22.2 Å². The molecule has 1 aromatic carbocycles.